The number of likely N-dealkylation sites (N-methyl/N-ethyl adjacent to an activating group) is 1. The van der Waals surface area contributed by atoms with Crippen LogP contribution in [0.3, 0.4) is 0 Å². The molecule has 5 heteroatoms. The van der Waals surface area contributed by atoms with Gasteiger partial charge < -0.3 is 15.0 Å². The summed E-state index contributed by atoms with van der Waals surface area (Å²) in [6.45, 7) is 5.80. The summed E-state index contributed by atoms with van der Waals surface area (Å²) in [5.74, 6) is 0. The van der Waals surface area contributed by atoms with E-state index in [1.165, 1.54) is 4.88 Å². The van der Waals surface area contributed by atoms with Gasteiger partial charge in [-0.2, -0.15) is 0 Å². The first-order chi connectivity index (χ1) is 7.60. The van der Waals surface area contributed by atoms with Crippen molar-refractivity contribution in [2.45, 2.75) is 26.4 Å². The Kier molecular flexibility index (Phi) is 5.18. The Morgan fingerprint density at radius 3 is 2.81 bits per heavy atom. The maximum atomic E-state index is 5.15. The SMILES string of the molecule is CNCc1sc(N(C)C(C)COC)nc1C. The number of methoxy groups -OCH3 is 1. The van der Waals surface area contributed by atoms with E-state index in [1.54, 1.807) is 18.4 Å². The highest BCUT2D eigenvalue weighted by molar-refractivity contribution is 7.15. The fraction of sp³-hybridized carbons (Fsp3) is 0.727. The van der Waals surface area contributed by atoms with E-state index >= 15 is 0 Å². The molecule has 0 saturated heterocycles. The van der Waals surface area contributed by atoms with Gasteiger partial charge in [-0.1, -0.05) is 0 Å². The number of aromatic nitrogens is 1. The average molecular weight is 243 g/mol. The third kappa shape index (κ3) is 3.17. The molecule has 1 aromatic rings. The van der Waals surface area contributed by atoms with Crippen LogP contribution in [-0.4, -0.2) is 38.8 Å². The van der Waals surface area contributed by atoms with Crippen molar-refractivity contribution in [1.82, 2.24) is 10.3 Å². The van der Waals surface area contributed by atoms with E-state index in [0.29, 0.717) is 6.04 Å². The van der Waals surface area contributed by atoms with Crippen molar-refractivity contribution in [3.05, 3.63) is 10.6 Å². The molecule has 1 heterocycles. The lowest BCUT2D eigenvalue weighted by atomic mass is 10.3. The van der Waals surface area contributed by atoms with E-state index in [4.69, 9.17) is 4.74 Å². The number of nitrogens with one attached hydrogen (secondary N) is 1. The summed E-state index contributed by atoms with van der Waals surface area (Å²) in [5.41, 5.74) is 1.12. The van der Waals surface area contributed by atoms with Gasteiger partial charge >= 0.3 is 0 Å². The summed E-state index contributed by atoms with van der Waals surface area (Å²) in [6, 6.07) is 0.345. The van der Waals surface area contributed by atoms with Crippen LogP contribution in [0.25, 0.3) is 0 Å². The number of thiazole rings is 1. The second-order valence-electron chi connectivity index (χ2n) is 3.95. The van der Waals surface area contributed by atoms with Crippen LogP contribution in [0.2, 0.25) is 0 Å². The van der Waals surface area contributed by atoms with Gasteiger partial charge in [0.1, 0.15) is 0 Å². The van der Waals surface area contributed by atoms with Crippen molar-refractivity contribution in [3.63, 3.8) is 0 Å². The van der Waals surface area contributed by atoms with Gasteiger partial charge in [0.15, 0.2) is 5.13 Å². The van der Waals surface area contributed by atoms with Gasteiger partial charge in [-0.3, -0.25) is 0 Å². The zero-order valence-corrected chi connectivity index (χ0v) is 11.5. The van der Waals surface area contributed by atoms with Gasteiger partial charge in [-0.05, 0) is 20.9 Å². The molecule has 1 unspecified atom stereocenters. The Morgan fingerprint density at radius 1 is 1.56 bits per heavy atom. The fourth-order valence-corrected chi connectivity index (χ4v) is 2.57. The Balaban J connectivity index is 2.75. The van der Waals surface area contributed by atoms with Crippen molar-refractivity contribution >= 4 is 16.5 Å². The van der Waals surface area contributed by atoms with E-state index in [9.17, 15) is 0 Å². The average Bonchev–Trinajstić information content (AvgIpc) is 2.60. The van der Waals surface area contributed by atoms with Crippen LogP contribution in [0.4, 0.5) is 5.13 Å². The molecule has 4 nitrogen and oxygen atoms in total. The lowest BCUT2D eigenvalue weighted by Gasteiger charge is -2.23. The van der Waals surface area contributed by atoms with Gasteiger partial charge in [0.25, 0.3) is 0 Å². The van der Waals surface area contributed by atoms with Crippen LogP contribution >= 0.6 is 11.3 Å². The van der Waals surface area contributed by atoms with Crippen molar-refractivity contribution in [2.24, 2.45) is 0 Å². The van der Waals surface area contributed by atoms with Crippen LogP contribution in [0.15, 0.2) is 0 Å². The van der Waals surface area contributed by atoms with Gasteiger partial charge in [0.2, 0.25) is 0 Å². The van der Waals surface area contributed by atoms with Crippen LogP contribution in [0.5, 0.6) is 0 Å². The van der Waals surface area contributed by atoms with E-state index in [-0.39, 0.29) is 0 Å². The van der Waals surface area contributed by atoms with E-state index in [1.807, 2.05) is 7.05 Å². The first-order valence-electron chi connectivity index (χ1n) is 5.42. The standard InChI is InChI=1S/C11H21N3OS/c1-8(7-15-5)14(4)11-13-9(2)10(16-11)6-12-3/h8,12H,6-7H2,1-5H3. The maximum Gasteiger partial charge on any atom is 0.185 e. The van der Waals surface area contributed by atoms with Crippen LogP contribution in [-0.2, 0) is 11.3 Å². The number of aryl methyl sites for hydroxylation is 1. The molecule has 92 valence electrons. The quantitative estimate of drug-likeness (QED) is 0.824. The molecule has 1 N–H and O–H groups in total. The third-order valence-electron chi connectivity index (χ3n) is 2.59. The molecule has 1 rings (SSSR count). The first-order valence-corrected chi connectivity index (χ1v) is 6.24. The highest BCUT2D eigenvalue weighted by atomic mass is 32.1. The number of hydrogen-bond acceptors (Lipinski definition) is 5. The van der Waals surface area contributed by atoms with Crippen molar-refractivity contribution in [2.75, 3.05) is 32.7 Å². The molecule has 0 aliphatic rings. The number of hydrogen-bond donors (Lipinski definition) is 1. The highest BCUT2D eigenvalue weighted by Gasteiger charge is 2.15. The minimum Gasteiger partial charge on any atom is -0.383 e. The van der Waals surface area contributed by atoms with E-state index in [0.717, 1.165) is 24.0 Å². The fourth-order valence-electron chi connectivity index (χ4n) is 1.43. The molecule has 0 bridgehead atoms. The third-order valence-corrected chi connectivity index (χ3v) is 3.84. The largest absolute Gasteiger partial charge is 0.383 e. The molecule has 1 aromatic heterocycles. The number of nitrogens with zero attached hydrogens (tertiary/aromatic N) is 2. The topological polar surface area (TPSA) is 37.4 Å². The minimum absolute atomic E-state index is 0.345. The second kappa shape index (κ2) is 6.18. The molecule has 0 spiro atoms. The number of rotatable bonds is 6. The lowest BCUT2D eigenvalue weighted by Crippen LogP contribution is -2.32. The molecule has 0 saturated carbocycles. The molecule has 0 fully saturated rings. The van der Waals surface area contributed by atoms with E-state index in [2.05, 4.69) is 36.1 Å². The predicted octanol–water partition coefficient (Wildman–Crippen LogP) is 1.64. The molecular weight excluding hydrogens is 222 g/mol. The Labute approximate surface area is 102 Å². The van der Waals surface area contributed by atoms with Gasteiger partial charge in [-0.15, -0.1) is 11.3 Å². The molecule has 0 radical (unpaired) electrons. The first kappa shape index (κ1) is 13.4. The second-order valence-corrected chi connectivity index (χ2v) is 5.01. The Morgan fingerprint density at radius 2 is 2.25 bits per heavy atom. The van der Waals surface area contributed by atoms with E-state index < -0.39 is 0 Å². The van der Waals surface area contributed by atoms with Crippen molar-refractivity contribution < 1.29 is 4.74 Å². The Bertz CT molecular complexity index is 327. The predicted molar refractivity (Wildman–Crippen MR) is 69.4 cm³/mol. The van der Waals surface area contributed by atoms with Crippen LogP contribution in [0, 0.1) is 6.92 Å². The molecule has 0 aliphatic heterocycles. The highest BCUT2D eigenvalue weighted by Crippen LogP contribution is 2.26. The van der Waals surface area contributed by atoms with Crippen molar-refractivity contribution in [1.29, 1.82) is 0 Å². The van der Waals surface area contributed by atoms with Crippen LogP contribution in [0.1, 0.15) is 17.5 Å². The number of ether oxygens (including phenoxy) is 1. The lowest BCUT2D eigenvalue weighted by molar-refractivity contribution is 0.183. The van der Waals surface area contributed by atoms with Gasteiger partial charge in [0, 0.05) is 25.6 Å². The monoisotopic (exact) mass is 243 g/mol. The molecule has 0 aromatic carbocycles. The summed E-state index contributed by atoms with van der Waals surface area (Å²) in [6.07, 6.45) is 0. The number of anilines is 1. The normalized spacial score (nSPS) is 12.8. The minimum atomic E-state index is 0.345. The zero-order chi connectivity index (χ0) is 12.1. The summed E-state index contributed by atoms with van der Waals surface area (Å²) in [5, 5.41) is 4.22. The van der Waals surface area contributed by atoms with Crippen LogP contribution < -0.4 is 10.2 Å². The molecule has 16 heavy (non-hydrogen) atoms. The summed E-state index contributed by atoms with van der Waals surface area (Å²) in [7, 11) is 5.74. The maximum absolute atomic E-state index is 5.15. The zero-order valence-electron chi connectivity index (χ0n) is 10.7. The smallest absolute Gasteiger partial charge is 0.185 e. The van der Waals surface area contributed by atoms with Gasteiger partial charge in [-0.25, -0.2) is 4.98 Å². The summed E-state index contributed by atoms with van der Waals surface area (Å²) < 4.78 is 5.15. The molecular formula is C11H21N3OS. The van der Waals surface area contributed by atoms with Crippen molar-refractivity contribution in [3.8, 4) is 0 Å². The molecule has 0 amide bonds. The Hall–Kier alpha value is -0.650. The molecule has 1 atom stereocenters. The summed E-state index contributed by atoms with van der Waals surface area (Å²) in [4.78, 5) is 8.05. The molecule has 0 aliphatic carbocycles. The van der Waals surface area contributed by atoms with Gasteiger partial charge in [0.05, 0.1) is 18.3 Å². The summed E-state index contributed by atoms with van der Waals surface area (Å²) >= 11 is 1.74.